The normalized spacial score (nSPS) is 13.0. The van der Waals surface area contributed by atoms with E-state index < -0.39 is 47.8 Å². The first-order chi connectivity index (χ1) is 18.8. The standard InChI is InChI=1S/C29H37N3O8/c1-17(2)27(32-28(36)26(30)15-22-8-12-25(13-9-22)40-20(5)35)29(37)31-23(16-38-18(3)33)14-21-6-10-24(11-7-21)39-19(4)34/h6-13,17,23,26-27H,14-16,30H2,1-5H3,(H,31,37)(H,32,36)/t23-,26-,27-/m0/s1. The quantitative estimate of drug-likeness (QED) is 0.247. The van der Waals surface area contributed by atoms with Crippen LogP contribution < -0.4 is 25.8 Å². The van der Waals surface area contributed by atoms with E-state index in [0.717, 1.165) is 11.1 Å². The molecule has 3 atom stereocenters. The van der Waals surface area contributed by atoms with E-state index in [2.05, 4.69) is 10.6 Å². The fraction of sp³-hybridized carbons (Fsp3) is 0.414. The molecule has 0 saturated heterocycles. The highest BCUT2D eigenvalue weighted by Crippen LogP contribution is 2.15. The molecule has 0 fully saturated rings. The summed E-state index contributed by atoms with van der Waals surface area (Å²) in [6, 6.07) is 11.0. The molecule has 11 nitrogen and oxygen atoms in total. The Morgan fingerprint density at radius 2 is 1.18 bits per heavy atom. The Balaban J connectivity index is 2.05. The maximum absolute atomic E-state index is 13.2. The number of rotatable bonds is 13. The van der Waals surface area contributed by atoms with Crippen LogP contribution in [0, 0.1) is 5.92 Å². The molecule has 0 aliphatic heterocycles. The lowest BCUT2D eigenvalue weighted by molar-refractivity contribution is -0.142. The van der Waals surface area contributed by atoms with Gasteiger partial charge >= 0.3 is 17.9 Å². The molecule has 0 heterocycles. The van der Waals surface area contributed by atoms with Gasteiger partial charge in [0.2, 0.25) is 11.8 Å². The molecule has 2 amide bonds. The van der Waals surface area contributed by atoms with Crippen molar-refractivity contribution < 1.29 is 38.2 Å². The highest BCUT2D eigenvalue weighted by atomic mass is 16.5. The largest absolute Gasteiger partial charge is 0.464 e. The number of nitrogens with one attached hydrogen (secondary N) is 2. The SMILES string of the molecule is CC(=O)OC[C@H](Cc1ccc(OC(C)=O)cc1)NC(=O)[C@@H](NC(=O)[C@@H](N)Cc1ccc(OC(C)=O)cc1)C(C)C. The van der Waals surface area contributed by atoms with Crippen molar-refractivity contribution in [3.63, 3.8) is 0 Å². The number of ether oxygens (including phenoxy) is 3. The first-order valence-corrected chi connectivity index (χ1v) is 12.9. The van der Waals surface area contributed by atoms with Gasteiger partial charge in [-0.05, 0) is 54.2 Å². The fourth-order valence-corrected chi connectivity index (χ4v) is 3.81. The van der Waals surface area contributed by atoms with E-state index in [0.29, 0.717) is 17.9 Å². The third-order valence-corrected chi connectivity index (χ3v) is 5.73. The van der Waals surface area contributed by atoms with Crippen LogP contribution in [-0.4, -0.2) is 54.5 Å². The molecule has 11 heteroatoms. The minimum Gasteiger partial charge on any atom is -0.464 e. The lowest BCUT2D eigenvalue weighted by atomic mass is 10.00. The number of hydrogen-bond acceptors (Lipinski definition) is 9. The van der Waals surface area contributed by atoms with Crippen LogP contribution in [0.3, 0.4) is 0 Å². The summed E-state index contributed by atoms with van der Waals surface area (Å²) in [5.74, 6) is -1.82. The minimum atomic E-state index is -0.929. The van der Waals surface area contributed by atoms with E-state index >= 15 is 0 Å². The fourth-order valence-electron chi connectivity index (χ4n) is 3.81. The van der Waals surface area contributed by atoms with Gasteiger partial charge in [0.25, 0.3) is 0 Å². The van der Waals surface area contributed by atoms with Crippen LogP contribution in [0.15, 0.2) is 48.5 Å². The van der Waals surface area contributed by atoms with Gasteiger partial charge in [0.05, 0.1) is 12.1 Å². The molecule has 40 heavy (non-hydrogen) atoms. The maximum atomic E-state index is 13.2. The zero-order valence-corrected chi connectivity index (χ0v) is 23.4. The van der Waals surface area contributed by atoms with E-state index in [9.17, 15) is 24.0 Å². The number of amides is 2. The molecular formula is C29H37N3O8. The van der Waals surface area contributed by atoms with Gasteiger partial charge in [-0.3, -0.25) is 24.0 Å². The Morgan fingerprint density at radius 1 is 0.700 bits per heavy atom. The summed E-state index contributed by atoms with van der Waals surface area (Å²) in [5, 5.41) is 5.60. The molecule has 0 bridgehead atoms. The zero-order valence-electron chi connectivity index (χ0n) is 23.4. The van der Waals surface area contributed by atoms with Crippen LogP contribution in [0.25, 0.3) is 0 Å². The second-order valence-electron chi connectivity index (χ2n) is 9.73. The second-order valence-corrected chi connectivity index (χ2v) is 9.73. The van der Waals surface area contributed by atoms with Gasteiger partial charge in [0, 0.05) is 20.8 Å². The Bertz CT molecular complexity index is 1180. The molecule has 0 spiro atoms. The van der Waals surface area contributed by atoms with E-state index in [1.165, 1.54) is 20.8 Å². The molecule has 0 aliphatic rings. The number of esters is 3. The summed E-state index contributed by atoms with van der Waals surface area (Å²) in [6.07, 6.45) is 0.526. The van der Waals surface area contributed by atoms with E-state index in [1.807, 2.05) is 0 Å². The van der Waals surface area contributed by atoms with Crippen molar-refractivity contribution in [2.24, 2.45) is 11.7 Å². The lowest BCUT2D eigenvalue weighted by Gasteiger charge is -2.26. The lowest BCUT2D eigenvalue weighted by Crippen LogP contribution is -2.56. The number of hydrogen-bond donors (Lipinski definition) is 3. The number of nitrogens with two attached hydrogens (primary N) is 1. The highest BCUT2D eigenvalue weighted by Gasteiger charge is 2.28. The van der Waals surface area contributed by atoms with Gasteiger partial charge in [-0.2, -0.15) is 0 Å². The van der Waals surface area contributed by atoms with Crippen molar-refractivity contribution >= 4 is 29.7 Å². The maximum Gasteiger partial charge on any atom is 0.308 e. The Labute approximate surface area is 233 Å². The highest BCUT2D eigenvalue weighted by molar-refractivity contribution is 5.90. The van der Waals surface area contributed by atoms with Crippen LogP contribution in [0.1, 0.15) is 45.7 Å². The predicted octanol–water partition coefficient (Wildman–Crippen LogP) is 1.84. The number of carbonyl (C=O) groups is 5. The van der Waals surface area contributed by atoms with Gasteiger partial charge in [-0.25, -0.2) is 0 Å². The van der Waals surface area contributed by atoms with Gasteiger partial charge in [-0.15, -0.1) is 0 Å². The van der Waals surface area contributed by atoms with Gasteiger partial charge in [0.15, 0.2) is 0 Å². The van der Waals surface area contributed by atoms with E-state index in [-0.39, 0.29) is 18.9 Å². The van der Waals surface area contributed by atoms with Crippen molar-refractivity contribution in [2.75, 3.05) is 6.61 Å². The Kier molecular flexibility index (Phi) is 12.3. The molecule has 2 aromatic carbocycles. The molecule has 0 radical (unpaired) electrons. The number of carbonyl (C=O) groups excluding carboxylic acids is 5. The van der Waals surface area contributed by atoms with Crippen molar-refractivity contribution in [1.29, 1.82) is 0 Å². The molecule has 4 N–H and O–H groups in total. The summed E-state index contributed by atoms with van der Waals surface area (Å²) >= 11 is 0. The van der Waals surface area contributed by atoms with Crippen LogP contribution in [0.4, 0.5) is 0 Å². The summed E-state index contributed by atoms with van der Waals surface area (Å²) in [4.78, 5) is 59.8. The third-order valence-electron chi connectivity index (χ3n) is 5.73. The molecule has 2 aromatic rings. The van der Waals surface area contributed by atoms with Crippen molar-refractivity contribution in [1.82, 2.24) is 10.6 Å². The monoisotopic (exact) mass is 555 g/mol. The van der Waals surface area contributed by atoms with E-state index in [1.54, 1.807) is 62.4 Å². The molecule has 0 unspecified atom stereocenters. The molecule has 0 saturated carbocycles. The summed E-state index contributed by atoms with van der Waals surface area (Å²) < 4.78 is 15.2. The van der Waals surface area contributed by atoms with Crippen molar-refractivity contribution in [2.45, 2.75) is 65.6 Å². The zero-order chi connectivity index (χ0) is 29.8. The topological polar surface area (TPSA) is 163 Å². The summed E-state index contributed by atoms with van der Waals surface area (Å²) in [5.41, 5.74) is 7.69. The third kappa shape index (κ3) is 11.2. The molecule has 0 aromatic heterocycles. The summed E-state index contributed by atoms with van der Waals surface area (Å²) in [6.45, 7) is 7.39. The first-order valence-electron chi connectivity index (χ1n) is 12.9. The minimum absolute atomic E-state index is 0.0750. The van der Waals surface area contributed by atoms with Crippen LogP contribution in [-0.2, 0) is 41.6 Å². The first kappa shape index (κ1) is 32.0. The smallest absolute Gasteiger partial charge is 0.308 e. The van der Waals surface area contributed by atoms with Gasteiger partial charge in [-0.1, -0.05) is 38.1 Å². The van der Waals surface area contributed by atoms with E-state index in [4.69, 9.17) is 19.9 Å². The van der Waals surface area contributed by atoms with Crippen molar-refractivity contribution in [3.8, 4) is 11.5 Å². The molecular weight excluding hydrogens is 518 g/mol. The molecule has 2 rings (SSSR count). The number of benzene rings is 2. The molecule has 216 valence electrons. The Morgan fingerprint density at radius 3 is 1.60 bits per heavy atom. The molecule has 0 aliphatic carbocycles. The van der Waals surface area contributed by atoms with Crippen LogP contribution in [0.2, 0.25) is 0 Å². The summed E-state index contributed by atoms with van der Waals surface area (Å²) in [7, 11) is 0. The van der Waals surface area contributed by atoms with Gasteiger partial charge < -0.3 is 30.6 Å². The Hall–Kier alpha value is -4.25. The van der Waals surface area contributed by atoms with Gasteiger partial charge in [0.1, 0.15) is 24.1 Å². The van der Waals surface area contributed by atoms with Crippen molar-refractivity contribution in [3.05, 3.63) is 59.7 Å². The predicted molar refractivity (Wildman–Crippen MR) is 146 cm³/mol. The van der Waals surface area contributed by atoms with Crippen LogP contribution in [0.5, 0.6) is 11.5 Å². The average Bonchev–Trinajstić information content (AvgIpc) is 2.87. The van der Waals surface area contributed by atoms with Crippen LogP contribution >= 0.6 is 0 Å². The second kappa shape index (κ2) is 15.4. The average molecular weight is 556 g/mol.